The van der Waals surface area contributed by atoms with Crippen molar-refractivity contribution in [2.75, 3.05) is 70.1 Å². The van der Waals surface area contributed by atoms with E-state index < -0.39 is 0 Å². The molecule has 2 amide bonds. The zero-order valence-corrected chi connectivity index (χ0v) is 24.0. The van der Waals surface area contributed by atoms with Crippen LogP contribution in [-0.2, 0) is 6.42 Å². The van der Waals surface area contributed by atoms with Crippen LogP contribution < -0.4 is 20.4 Å². The minimum atomic E-state index is -0.273. The number of hydrogen-bond acceptors (Lipinski definition) is 4. The molecule has 0 atom stereocenters. The van der Waals surface area contributed by atoms with Crippen molar-refractivity contribution in [3.05, 3.63) is 93.5 Å². The molecule has 206 valence electrons. The van der Waals surface area contributed by atoms with Crippen molar-refractivity contribution in [3.63, 3.8) is 0 Å². The number of anilines is 2. The van der Waals surface area contributed by atoms with Crippen LogP contribution in [0, 0.1) is 0 Å². The zero-order chi connectivity index (χ0) is 27.8. The quantitative estimate of drug-likeness (QED) is 0.350. The maximum absolute atomic E-state index is 13.1. The molecule has 39 heavy (non-hydrogen) atoms. The van der Waals surface area contributed by atoms with Gasteiger partial charge >= 0.3 is 0 Å². The number of halogens is 2. The number of rotatable bonds is 10. The van der Waals surface area contributed by atoms with E-state index in [2.05, 4.69) is 34.5 Å². The van der Waals surface area contributed by atoms with Gasteiger partial charge in [-0.2, -0.15) is 0 Å². The fourth-order valence-electron chi connectivity index (χ4n) is 4.69. The number of nitrogens with zero attached hydrogens (tertiary/aromatic N) is 2. The third-order valence-electron chi connectivity index (χ3n) is 6.96. The lowest BCUT2D eigenvalue weighted by molar-refractivity contribution is -0.900. The molecule has 0 bridgehead atoms. The molecule has 1 heterocycles. The first kappa shape index (κ1) is 28.9. The van der Waals surface area contributed by atoms with Crippen LogP contribution in [0.3, 0.4) is 0 Å². The van der Waals surface area contributed by atoms with Crippen LogP contribution in [0.2, 0.25) is 10.0 Å². The second-order valence-corrected chi connectivity index (χ2v) is 10.9. The molecule has 0 spiro atoms. The normalized spacial score (nSPS) is 13.9. The molecule has 0 aromatic heterocycles. The van der Waals surface area contributed by atoms with Gasteiger partial charge in [-0.05, 0) is 68.5 Å². The first-order valence-electron chi connectivity index (χ1n) is 13.3. The van der Waals surface area contributed by atoms with Crippen molar-refractivity contribution in [2.24, 2.45) is 0 Å². The summed E-state index contributed by atoms with van der Waals surface area (Å²) in [7, 11) is 4.19. The molecule has 0 aliphatic carbocycles. The summed E-state index contributed by atoms with van der Waals surface area (Å²) in [6, 6.07) is 20.0. The summed E-state index contributed by atoms with van der Waals surface area (Å²) in [4.78, 5) is 32.2. The number of quaternary nitrogens is 1. The van der Waals surface area contributed by atoms with Crippen LogP contribution >= 0.6 is 23.2 Å². The summed E-state index contributed by atoms with van der Waals surface area (Å²) in [6.45, 7) is 6.37. The molecule has 7 nitrogen and oxygen atoms in total. The van der Waals surface area contributed by atoms with Gasteiger partial charge in [0, 0.05) is 34.3 Å². The third-order valence-corrected chi connectivity index (χ3v) is 7.56. The number of likely N-dealkylation sites (N-methyl/N-ethyl adjacent to an activating group) is 1. The number of carbonyl (C=O) groups is 2. The highest BCUT2D eigenvalue weighted by molar-refractivity contribution is 6.31. The third kappa shape index (κ3) is 8.19. The van der Waals surface area contributed by atoms with Gasteiger partial charge in [0.2, 0.25) is 0 Å². The predicted molar refractivity (Wildman–Crippen MR) is 160 cm³/mol. The molecule has 1 saturated heterocycles. The van der Waals surface area contributed by atoms with Crippen molar-refractivity contribution in [1.29, 1.82) is 0 Å². The lowest BCUT2D eigenvalue weighted by Crippen LogP contribution is -3.15. The van der Waals surface area contributed by atoms with E-state index in [1.807, 2.05) is 36.4 Å². The summed E-state index contributed by atoms with van der Waals surface area (Å²) in [5.41, 5.74) is 3.44. The van der Waals surface area contributed by atoms with Crippen LogP contribution in [-0.4, -0.2) is 76.6 Å². The molecular formula is C30H36Cl2N5O2+. The second kappa shape index (κ2) is 13.8. The Bertz CT molecular complexity index is 1290. The monoisotopic (exact) mass is 568 g/mol. The number of hydrogen-bond donors (Lipinski definition) is 3. The highest BCUT2D eigenvalue weighted by Gasteiger charge is 2.23. The van der Waals surface area contributed by atoms with Gasteiger partial charge in [0.1, 0.15) is 0 Å². The zero-order valence-electron chi connectivity index (χ0n) is 22.5. The first-order valence-corrected chi connectivity index (χ1v) is 14.0. The van der Waals surface area contributed by atoms with Gasteiger partial charge < -0.3 is 25.3 Å². The molecule has 3 aromatic carbocycles. The Hall–Kier alpha value is -3.10. The lowest BCUT2D eigenvalue weighted by Gasteiger charge is -2.35. The molecule has 4 rings (SSSR count). The van der Waals surface area contributed by atoms with E-state index in [0.717, 1.165) is 50.5 Å². The minimum Gasteiger partial charge on any atom is -0.359 e. The van der Waals surface area contributed by atoms with E-state index in [1.54, 1.807) is 35.2 Å². The van der Waals surface area contributed by atoms with Gasteiger partial charge in [0.05, 0.1) is 44.1 Å². The first-order chi connectivity index (χ1) is 18.8. The Labute approximate surface area is 240 Å². The van der Waals surface area contributed by atoms with E-state index >= 15 is 0 Å². The predicted octanol–water partition coefficient (Wildman–Crippen LogP) is 3.48. The van der Waals surface area contributed by atoms with Crippen LogP contribution in [0.1, 0.15) is 26.3 Å². The summed E-state index contributed by atoms with van der Waals surface area (Å²) >= 11 is 12.4. The number of benzene rings is 3. The highest BCUT2D eigenvalue weighted by Crippen LogP contribution is 2.28. The average Bonchev–Trinajstić information content (AvgIpc) is 2.93. The maximum Gasteiger partial charge on any atom is 0.255 e. The number of carbonyl (C=O) groups excluding carboxylic acids is 2. The van der Waals surface area contributed by atoms with Gasteiger partial charge in [-0.3, -0.25) is 9.59 Å². The number of nitrogens with one attached hydrogen (secondary N) is 3. The standard InChI is InChI=1S/C30H35Cl2N5O2/c1-35(2)14-15-36-16-18-37(19-17-36)28-11-10-24(29(38)33-13-12-22-6-3-4-9-26(22)32)21-27(28)34-30(39)23-7-5-8-25(31)20-23/h3-11,20-21H,12-19H2,1-2H3,(H,33,38)(H,34,39)/p+1. The number of piperazine rings is 1. The molecule has 3 aromatic rings. The second-order valence-electron chi connectivity index (χ2n) is 10.1. The van der Waals surface area contributed by atoms with Crippen LogP contribution in [0.25, 0.3) is 0 Å². The van der Waals surface area contributed by atoms with Gasteiger partial charge in [-0.15, -0.1) is 0 Å². The topological polar surface area (TPSA) is 69.1 Å². The van der Waals surface area contributed by atoms with Gasteiger partial charge in [0.25, 0.3) is 11.8 Å². The summed E-state index contributed by atoms with van der Waals surface area (Å²) < 4.78 is 0. The molecule has 0 saturated carbocycles. The Balaban J connectivity index is 1.49. The summed E-state index contributed by atoms with van der Waals surface area (Å²) in [5.74, 6) is -0.477. The van der Waals surface area contributed by atoms with E-state index in [1.165, 1.54) is 0 Å². The van der Waals surface area contributed by atoms with Crippen molar-refractivity contribution in [1.82, 2.24) is 10.2 Å². The molecule has 9 heteroatoms. The van der Waals surface area contributed by atoms with E-state index in [0.29, 0.717) is 39.8 Å². The van der Waals surface area contributed by atoms with E-state index in [4.69, 9.17) is 23.2 Å². The maximum atomic E-state index is 13.1. The van der Waals surface area contributed by atoms with Crippen LogP contribution in [0.4, 0.5) is 11.4 Å². The minimum absolute atomic E-state index is 0.204. The van der Waals surface area contributed by atoms with Gasteiger partial charge in [-0.1, -0.05) is 47.5 Å². The summed E-state index contributed by atoms with van der Waals surface area (Å²) in [6.07, 6.45) is 0.627. The van der Waals surface area contributed by atoms with Crippen LogP contribution in [0.15, 0.2) is 66.7 Å². The van der Waals surface area contributed by atoms with Crippen LogP contribution in [0.5, 0.6) is 0 Å². The van der Waals surface area contributed by atoms with E-state index in [9.17, 15) is 9.59 Å². The molecular weight excluding hydrogens is 533 g/mol. The van der Waals surface area contributed by atoms with E-state index in [-0.39, 0.29) is 11.8 Å². The molecule has 1 fully saturated rings. The SMILES string of the molecule is CN(C)CC[NH+]1CCN(c2ccc(C(=O)NCCc3ccccc3Cl)cc2NC(=O)c2cccc(Cl)c2)CC1. The Morgan fingerprint density at radius 1 is 0.923 bits per heavy atom. The van der Waals surface area contributed by atoms with Crippen molar-refractivity contribution < 1.29 is 14.5 Å². The fourth-order valence-corrected chi connectivity index (χ4v) is 5.11. The van der Waals surface area contributed by atoms with Crippen molar-refractivity contribution in [2.45, 2.75) is 6.42 Å². The molecule has 0 unspecified atom stereocenters. The smallest absolute Gasteiger partial charge is 0.255 e. The number of amides is 2. The highest BCUT2D eigenvalue weighted by atomic mass is 35.5. The fraction of sp³-hybridized carbons (Fsp3) is 0.333. The van der Waals surface area contributed by atoms with Crippen molar-refractivity contribution >= 4 is 46.4 Å². The average molecular weight is 570 g/mol. The van der Waals surface area contributed by atoms with Gasteiger partial charge in [-0.25, -0.2) is 0 Å². The summed E-state index contributed by atoms with van der Waals surface area (Å²) in [5, 5.41) is 7.19. The Morgan fingerprint density at radius 2 is 1.67 bits per heavy atom. The molecule has 3 N–H and O–H groups in total. The molecule has 0 radical (unpaired) electrons. The Morgan fingerprint density at radius 3 is 2.38 bits per heavy atom. The lowest BCUT2D eigenvalue weighted by atomic mass is 10.1. The van der Waals surface area contributed by atoms with Crippen molar-refractivity contribution in [3.8, 4) is 0 Å². The molecule has 1 aliphatic heterocycles. The Kier molecular flexibility index (Phi) is 10.2. The van der Waals surface area contributed by atoms with Gasteiger partial charge in [0.15, 0.2) is 0 Å². The molecule has 1 aliphatic rings. The largest absolute Gasteiger partial charge is 0.359 e.